The average molecular weight is 275 g/mol. The van der Waals surface area contributed by atoms with Crippen molar-refractivity contribution in [2.24, 2.45) is 5.92 Å². The summed E-state index contributed by atoms with van der Waals surface area (Å²) in [5, 5.41) is 0. The second-order valence-electron chi connectivity index (χ2n) is 6.58. The second kappa shape index (κ2) is 7.15. The van der Waals surface area contributed by atoms with Crippen LogP contribution in [0.25, 0.3) is 0 Å². The molecule has 0 bridgehead atoms. The Hall–Kier alpha value is -0.980. The zero-order valence-electron chi connectivity index (χ0n) is 14.6. The van der Waals surface area contributed by atoms with E-state index in [0.717, 1.165) is 18.0 Å². The van der Waals surface area contributed by atoms with E-state index in [2.05, 4.69) is 48.5 Å². The Balaban J connectivity index is 3.35. The van der Waals surface area contributed by atoms with E-state index in [1.807, 2.05) is 0 Å². The van der Waals surface area contributed by atoms with Gasteiger partial charge in [0.1, 0.15) is 0 Å². The van der Waals surface area contributed by atoms with Crippen molar-refractivity contribution in [2.75, 3.05) is 5.73 Å². The maximum atomic E-state index is 6.31. The van der Waals surface area contributed by atoms with E-state index >= 15 is 0 Å². The van der Waals surface area contributed by atoms with Crippen molar-refractivity contribution in [1.29, 1.82) is 0 Å². The molecule has 0 radical (unpaired) electrons. The minimum atomic E-state index is 0.629. The van der Waals surface area contributed by atoms with Crippen LogP contribution in [0.2, 0.25) is 0 Å². The Bertz CT molecular complexity index is 460. The molecule has 2 unspecified atom stereocenters. The van der Waals surface area contributed by atoms with Crippen molar-refractivity contribution >= 4 is 5.69 Å². The zero-order chi connectivity index (χ0) is 15.4. The summed E-state index contributed by atoms with van der Waals surface area (Å²) in [5.74, 6) is 1.42. The van der Waals surface area contributed by atoms with Crippen LogP contribution in [-0.2, 0) is 6.42 Å². The van der Waals surface area contributed by atoms with Crippen molar-refractivity contribution in [2.45, 2.75) is 80.1 Å². The number of rotatable bonds is 6. The van der Waals surface area contributed by atoms with E-state index in [0.29, 0.717) is 5.92 Å². The van der Waals surface area contributed by atoms with E-state index in [4.69, 9.17) is 5.73 Å². The summed E-state index contributed by atoms with van der Waals surface area (Å²) in [5.41, 5.74) is 14.4. The van der Waals surface area contributed by atoms with Gasteiger partial charge >= 0.3 is 0 Å². The van der Waals surface area contributed by atoms with Crippen LogP contribution in [0.5, 0.6) is 0 Å². The molecule has 0 saturated carbocycles. The van der Waals surface area contributed by atoms with Crippen molar-refractivity contribution in [3.63, 3.8) is 0 Å². The number of anilines is 1. The minimum Gasteiger partial charge on any atom is -0.398 e. The number of nitrogens with two attached hydrogens (primary N) is 1. The monoisotopic (exact) mass is 275 g/mol. The maximum absolute atomic E-state index is 6.31. The summed E-state index contributed by atoms with van der Waals surface area (Å²) < 4.78 is 0. The summed E-state index contributed by atoms with van der Waals surface area (Å²) in [7, 11) is 0. The maximum Gasteiger partial charge on any atom is 0.0379 e. The summed E-state index contributed by atoms with van der Waals surface area (Å²) in [6.45, 7) is 15.9. The normalized spacial score (nSPS) is 14.3. The zero-order valence-corrected chi connectivity index (χ0v) is 14.6. The third-order valence-corrected chi connectivity index (χ3v) is 5.00. The lowest BCUT2D eigenvalue weighted by Crippen LogP contribution is -2.11. The molecule has 1 nitrogen and oxygen atoms in total. The second-order valence-corrected chi connectivity index (χ2v) is 6.58. The molecule has 1 aromatic rings. The van der Waals surface area contributed by atoms with E-state index < -0.39 is 0 Å². The fourth-order valence-corrected chi connectivity index (χ4v) is 3.40. The highest BCUT2D eigenvalue weighted by atomic mass is 14.6. The van der Waals surface area contributed by atoms with Crippen LogP contribution in [0, 0.1) is 26.7 Å². The molecule has 0 aromatic heterocycles. The van der Waals surface area contributed by atoms with Crippen molar-refractivity contribution in [1.82, 2.24) is 0 Å². The van der Waals surface area contributed by atoms with Gasteiger partial charge in [-0.1, -0.05) is 40.5 Å². The first-order valence-corrected chi connectivity index (χ1v) is 8.22. The molecule has 0 fully saturated rings. The number of nitrogen functional groups attached to an aromatic ring is 1. The molecule has 1 rings (SSSR count). The van der Waals surface area contributed by atoms with Gasteiger partial charge in [0.25, 0.3) is 0 Å². The van der Waals surface area contributed by atoms with Gasteiger partial charge in [-0.2, -0.15) is 0 Å². The van der Waals surface area contributed by atoms with Gasteiger partial charge in [0, 0.05) is 5.69 Å². The van der Waals surface area contributed by atoms with Crippen LogP contribution in [0.1, 0.15) is 80.7 Å². The first-order chi connectivity index (χ1) is 9.34. The molecule has 0 aliphatic heterocycles. The van der Waals surface area contributed by atoms with Crippen LogP contribution in [0.3, 0.4) is 0 Å². The van der Waals surface area contributed by atoms with E-state index in [9.17, 15) is 0 Å². The number of benzene rings is 1. The van der Waals surface area contributed by atoms with Gasteiger partial charge in [-0.3, -0.25) is 0 Å². The third kappa shape index (κ3) is 3.37. The van der Waals surface area contributed by atoms with E-state index in [1.54, 1.807) is 5.56 Å². The molecule has 0 spiro atoms. The van der Waals surface area contributed by atoms with Gasteiger partial charge in [0.05, 0.1) is 0 Å². The van der Waals surface area contributed by atoms with Crippen LogP contribution < -0.4 is 5.73 Å². The molecular formula is C19H33N. The highest BCUT2D eigenvalue weighted by Gasteiger charge is 2.20. The smallest absolute Gasteiger partial charge is 0.0379 e. The largest absolute Gasteiger partial charge is 0.398 e. The van der Waals surface area contributed by atoms with Gasteiger partial charge in [0.15, 0.2) is 0 Å². The summed E-state index contributed by atoms with van der Waals surface area (Å²) in [6, 6.07) is 0. The Morgan fingerprint density at radius 2 is 1.55 bits per heavy atom. The molecule has 2 atom stereocenters. The predicted molar refractivity (Wildman–Crippen MR) is 91.5 cm³/mol. The van der Waals surface area contributed by atoms with E-state index in [1.165, 1.54) is 41.5 Å². The summed E-state index contributed by atoms with van der Waals surface area (Å²) in [4.78, 5) is 0. The van der Waals surface area contributed by atoms with Gasteiger partial charge in [-0.25, -0.2) is 0 Å². The molecule has 1 heteroatoms. The fourth-order valence-electron chi connectivity index (χ4n) is 3.40. The first kappa shape index (κ1) is 17.1. The fraction of sp³-hybridized carbons (Fsp3) is 0.684. The minimum absolute atomic E-state index is 0.629. The summed E-state index contributed by atoms with van der Waals surface area (Å²) in [6.07, 6.45) is 4.87. The van der Waals surface area contributed by atoms with Gasteiger partial charge in [-0.15, -0.1) is 0 Å². The van der Waals surface area contributed by atoms with Gasteiger partial charge in [-0.05, 0) is 73.3 Å². The molecule has 0 aliphatic rings. The molecular weight excluding hydrogens is 242 g/mol. The lowest BCUT2D eigenvalue weighted by molar-refractivity contribution is 0.468. The van der Waals surface area contributed by atoms with E-state index in [-0.39, 0.29) is 0 Å². The highest BCUT2D eigenvalue weighted by molar-refractivity contribution is 5.63. The Labute approximate surface area is 126 Å². The number of hydrogen-bond donors (Lipinski definition) is 1. The van der Waals surface area contributed by atoms with Gasteiger partial charge in [0.2, 0.25) is 0 Å². The lowest BCUT2D eigenvalue weighted by Gasteiger charge is -2.26. The highest BCUT2D eigenvalue weighted by Crippen LogP contribution is 2.37. The first-order valence-electron chi connectivity index (χ1n) is 8.22. The van der Waals surface area contributed by atoms with Crippen LogP contribution in [0.4, 0.5) is 5.69 Å². The molecule has 0 aliphatic carbocycles. The Morgan fingerprint density at radius 1 is 0.950 bits per heavy atom. The predicted octanol–water partition coefficient (Wildman–Crippen LogP) is 5.69. The Morgan fingerprint density at radius 3 is 2.05 bits per heavy atom. The molecule has 0 saturated heterocycles. The average Bonchev–Trinajstić information content (AvgIpc) is 2.42. The molecule has 2 N–H and O–H groups in total. The topological polar surface area (TPSA) is 26.0 Å². The van der Waals surface area contributed by atoms with Crippen LogP contribution >= 0.6 is 0 Å². The lowest BCUT2D eigenvalue weighted by atomic mass is 9.80. The van der Waals surface area contributed by atoms with Crippen LogP contribution in [-0.4, -0.2) is 0 Å². The van der Waals surface area contributed by atoms with Crippen LogP contribution in [0.15, 0.2) is 0 Å². The van der Waals surface area contributed by atoms with Crippen molar-refractivity contribution in [3.05, 3.63) is 27.8 Å². The molecule has 20 heavy (non-hydrogen) atoms. The Kier molecular flexibility index (Phi) is 6.10. The molecule has 0 heterocycles. The molecule has 0 amide bonds. The van der Waals surface area contributed by atoms with Gasteiger partial charge < -0.3 is 5.73 Å². The van der Waals surface area contributed by atoms with Crippen molar-refractivity contribution < 1.29 is 0 Å². The third-order valence-electron chi connectivity index (χ3n) is 5.00. The summed E-state index contributed by atoms with van der Waals surface area (Å²) >= 11 is 0. The number of hydrogen-bond acceptors (Lipinski definition) is 1. The van der Waals surface area contributed by atoms with Crippen molar-refractivity contribution in [3.8, 4) is 0 Å². The quantitative estimate of drug-likeness (QED) is 0.663. The molecule has 1 aromatic carbocycles. The standard InChI is InChI=1S/C19H33N/c1-8-10-17-16(7)19(20)15(6)14(5)18(17)13(4)11-12(3)9-2/h12-13H,8-11,20H2,1-7H3. The SMILES string of the molecule is CCCc1c(C)c(N)c(C)c(C)c1C(C)CC(C)CC. The molecule has 114 valence electrons.